The van der Waals surface area contributed by atoms with Crippen LogP contribution in [0.4, 0.5) is 0 Å². The van der Waals surface area contributed by atoms with Gasteiger partial charge in [0.1, 0.15) is 5.69 Å². The molecular weight excluding hydrogens is 420 g/mol. The van der Waals surface area contributed by atoms with E-state index >= 15 is 0 Å². The van der Waals surface area contributed by atoms with Crippen LogP contribution in [0.15, 0.2) is 30.3 Å². The summed E-state index contributed by atoms with van der Waals surface area (Å²) in [6, 6.07) is 9.57. The quantitative estimate of drug-likeness (QED) is 0.710. The Morgan fingerprint density at radius 1 is 1.06 bits per heavy atom. The summed E-state index contributed by atoms with van der Waals surface area (Å²) in [6.45, 7) is 9.84. The van der Waals surface area contributed by atoms with Crippen molar-refractivity contribution in [1.29, 1.82) is 0 Å². The number of amides is 3. The molecular formula is C24H32N6O3. The number of carbonyl (C=O) groups is 3. The van der Waals surface area contributed by atoms with Crippen molar-refractivity contribution in [2.45, 2.75) is 33.4 Å². The molecule has 1 N–H and O–H groups in total. The summed E-state index contributed by atoms with van der Waals surface area (Å²) in [5.74, 6) is -0.665. The monoisotopic (exact) mass is 452 g/mol. The summed E-state index contributed by atoms with van der Waals surface area (Å²) in [7, 11) is 0. The molecule has 0 bridgehead atoms. The Morgan fingerprint density at radius 3 is 2.55 bits per heavy atom. The third-order valence-electron chi connectivity index (χ3n) is 6.51. The van der Waals surface area contributed by atoms with E-state index in [1.807, 2.05) is 36.1 Å². The highest BCUT2D eigenvalue weighted by atomic mass is 16.2. The van der Waals surface area contributed by atoms with Crippen LogP contribution in [0, 0.1) is 6.92 Å². The Hall–Kier alpha value is -3.20. The van der Waals surface area contributed by atoms with Gasteiger partial charge in [-0.2, -0.15) is 5.10 Å². The molecule has 4 rings (SSSR count). The average Bonchev–Trinajstić information content (AvgIpc) is 3.21. The molecule has 1 fully saturated rings. The first-order valence-electron chi connectivity index (χ1n) is 11.7. The Balaban J connectivity index is 1.37. The predicted octanol–water partition coefficient (Wildman–Crippen LogP) is 1.13. The van der Waals surface area contributed by atoms with Crippen LogP contribution in [-0.2, 0) is 17.9 Å². The molecule has 9 nitrogen and oxygen atoms in total. The van der Waals surface area contributed by atoms with Gasteiger partial charge in [0.2, 0.25) is 5.91 Å². The normalized spacial score (nSPS) is 17.0. The zero-order chi connectivity index (χ0) is 23.4. The van der Waals surface area contributed by atoms with Crippen molar-refractivity contribution in [3.05, 3.63) is 52.8 Å². The molecule has 3 amide bonds. The maximum atomic E-state index is 13.2. The van der Waals surface area contributed by atoms with Crippen LogP contribution in [0.5, 0.6) is 0 Å². The van der Waals surface area contributed by atoms with E-state index in [1.54, 1.807) is 15.6 Å². The van der Waals surface area contributed by atoms with Crippen molar-refractivity contribution in [2.75, 3.05) is 45.8 Å². The molecule has 33 heavy (non-hydrogen) atoms. The number of nitrogens with one attached hydrogen (secondary N) is 1. The number of aromatic nitrogens is 2. The maximum absolute atomic E-state index is 13.2. The van der Waals surface area contributed by atoms with Crippen LogP contribution in [0.1, 0.15) is 45.4 Å². The first-order chi connectivity index (χ1) is 16.0. The lowest BCUT2D eigenvalue weighted by atomic mass is 10.1. The van der Waals surface area contributed by atoms with E-state index in [0.29, 0.717) is 38.4 Å². The largest absolute Gasteiger partial charge is 0.342 e. The number of likely N-dealkylation sites (N-methyl/N-ethyl adjacent to an activating group) is 1. The molecule has 2 aromatic rings. The van der Waals surface area contributed by atoms with Gasteiger partial charge in [-0.05, 0) is 31.0 Å². The molecule has 0 aliphatic carbocycles. The van der Waals surface area contributed by atoms with Crippen molar-refractivity contribution in [1.82, 2.24) is 29.8 Å². The fourth-order valence-corrected chi connectivity index (χ4v) is 4.36. The summed E-state index contributed by atoms with van der Waals surface area (Å²) in [5, 5.41) is 7.03. The Morgan fingerprint density at radius 2 is 1.82 bits per heavy atom. The number of fused-ring (bicyclic) bond motifs is 1. The highest BCUT2D eigenvalue weighted by Gasteiger charge is 2.27. The number of aryl methyl sites for hydroxylation is 2. The standard InChI is InChI=1S/C24H32N6O3/c1-3-27-11-13-28(14-12-27)22(31)16-25-23(32)20-15-21-24(33)29(9-6-10-30(21)26-20)17-19-8-5-4-7-18(19)2/h4-5,7-8,15H,3,6,9-14,16-17H2,1-2H3,(H,25,32). The lowest BCUT2D eigenvalue weighted by Gasteiger charge is -2.34. The Kier molecular flexibility index (Phi) is 7.08. The van der Waals surface area contributed by atoms with E-state index in [0.717, 1.165) is 37.2 Å². The third kappa shape index (κ3) is 5.24. The van der Waals surface area contributed by atoms with Gasteiger partial charge in [-0.15, -0.1) is 0 Å². The van der Waals surface area contributed by atoms with Gasteiger partial charge in [-0.1, -0.05) is 31.2 Å². The van der Waals surface area contributed by atoms with Crippen LogP contribution >= 0.6 is 0 Å². The highest BCUT2D eigenvalue weighted by Crippen LogP contribution is 2.18. The average molecular weight is 453 g/mol. The fourth-order valence-electron chi connectivity index (χ4n) is 4.36. The molecule has 0 radical (unpaired) electrons. The molecule has 176 valence electrons. The molecule has 0 spiro atoms. The van der Waals surface area contributed by atoms with Crippen LogP contribution in [0.25, 0.3) is 0 Å². The topological polar surface area (TPSA) is 90.8 Å². The van der Waals surface area contributed by atoms with Gasteiger partial charge < -0.3 is 20.0 Å². The van der Waals surface area contributed by atoms with Gasteiger partial charge in [0.05, 0.1) is 6.54 Å². The van der Waals surface area contributed by atoms with E-state index in [-0.39, 0.29) is 24.1 Å². The van der Waals surface area contributed by atoms with Gasteiger partial charge in [-0.25, -0.2) is 0 Å². The molecule has 1 aromatic heterocycles. The van der Waals surface area contributed by atoms with Crippen molar-refractivity contribution in [3.63, 3.8) is 0 Å². The molecule has 2 aliphatic heterocycles. The molecule has 0 saturated carbocycles. The second-order valence-electron chi connectivity index (χ2n) is 8.64. The molecule has 0 atom stereocenters. The number of hydrogen-bond donors (Lipinski definition) is 1. The van der Waals surface area contributed by atoms with Crippen LogP contribution in [-0.4, -0.2) is 88.0 Å². The number of nitrogens with zero attached hydrogens (tertiary/aromatic N) is 5. The van der Waals surface area contributed by atoms with Crippen LogP contribution in [0.3, 0.4) is 0 Å². The third-order valence-corrected chi connectivity index (χ3v) is 6.51. The summed E-state index contributed by atoms with van der Waals surface area (Å²) in [5.41, 5.74) is 2.83. The molecule has 9 heteroatoms. The fraction of sp³-hybridized carbons (Fsp3) is 0.500. The van der Waals surface area contributed by atoms with E-state index in [9.17, 15) is 14.4 Å². The predicted molar refractivity (Wildman–Crippen MR) is 124 cm³/mol. The van der Waals surface area contributed by atoms with Crippen molar-refractivity contribution >= 4 is 17.7 Å². The SMILES string of the molecule is CCN1CCN(C(=O)CNC(=O)c2cc3n(n2)CCCN(Cc2ccccc2C)C3=O)CC1. The molecule has 1 aromatic carbocycles. The number of carbonyl (C=O) groups excluding carboxylic acids is 3. The minimum atomic E-state index is -0.436. The molecule has 3 heterocycles. The Labute approximate surface area is 194 Å². The zero-order valence-corrected chi connectivity index (χ0v) is 19.4. The Bertz CT molecular complexity index is 1020. The summed E-state index contributed by atoms with van der Waals surface area (Å²) >= 11 is 0. The zero-order valence-electron chi connectivity index (χ0n) is 19.4. The van der Waals surface area contributed by atoms with Gasteiger partial charge >= 0.3 is 0 Å². The van der Waals surface area contributed by atoms with E-state index < -0.39 is 5.91 Å². The molecule has 0 unspecified atom stereocenters. The van der Waals surface area contributed by atoms with Crippen molar-refractivity contribution in [3.8, 4) is 0 Å². The second kappa shape index (κ2) is 10.2. The summed E-state index contributed by atoms with van der Waals surface area (Å²) < 4.78 is 1.61. The minimum Gasteiger partial charge on any atom is -0.342 e. The number of benzene rings is 1. The minimum absolute atomic E-state index is 0.0689. The first kappa shape index (κ1) is 23.0. The van der Waals surface area contributed by atoms with Gasteiger partial charge in [0.15, 0.2) is 5.69 Å². The first-order valence-corrected chi connectivity index (χ1v) is 11.7. The van der Waals surface area contributed by atoms with Gasteiger partial charge in [0.25, 0.3) is 11.8 Å². The van der Waals surface area contributed by atoms with Crippen LogP contribution < -0.4 is 5.32 Å². The van der Waals surface area contributed by atoms with Crippen LogP contribution in [0.2, 0.25) is 0 Å². The summed E-state index contributed by atoms with van der Waals surface area (Å²) in [4.78, 5) is 44.2. The number of rotatable bonds is 6. The van der Waals surface area contributed by atoms with E-state index in [4.69, 9.17) is 0 Å². The van der Waals surface area contributed by atoms with Gasteiger partial charge in [0, 0.05) is 51.9 Å². The van der Waals surface area contributed by atoms with E-state index in [2.05, 4.69) is 22.2 Å². The van der Waals surface area contributed by atoms with Crippen molar-refractivity contribution in [2.24, 2.45) is 0 Å². The second-order valence-corrected chi connectivity index (χ2v) is 8.64. The lowest BCUT2D eigenvalue weighted by molar-refractivity contribution is -0.131. The van der Waals surface area contributed by atoms with Crippen molar-refractivity contribution < 1.29 is 14.4 Å². The maximum Gasteiger partial charge on any atom is 0.272 e. The molecule has 1 saturated heterocycles. The highest BCUT2D eigenvalue weighted by molar-refractivity contribution is 5.99. The lowest BCUT2D eigenvalue weighted by Crippen LogP contribution is -2.51. The summed E-state index contributed by atoms with van der Waals surface area (Å²) in [6.07, 6.45) is 0.760. The van der Waals surface area contributed by atoms with E-state index in [1.165, 1.54) is 0 Å². The molecule has 2 aliphatic rings. The number of hydrogen-bond acceptors (Lipinski definition) is 5. The van der Waals surface area contributed by atoms with Gasteiger partial charge in [-0.3, -0.25) is 19.1 Å². The smallest absolute Gasteiger partial charge is 0.272 e. The number of piperazine rings is 1.